The zero-order valence-corrected chi connectivity index (χ0v) is 17.8. The van der Waals surface area contributed by atoms with Crippen molar-refractivity contribution in [3.63, 3.8) is 0 Å². The average molecular weight is 432 g/mol. The SMILES string of the molecule is CCn1c(SCC(=O)NC(CC(=O)OC)c2ccccc2Cl)nc2ccccc21. The van der Waals surface area contributed by atoms with E-state index in [-0.39, 0.29) is 18.1 Å². The van der Waals surface area contributed by atoms with Gasteiger partial charge in [-0.3, -0.25) is 9.59 Å². The number of nitrogens with zero attached hydrogens (tertiary/aromatic N) is 2. The van der Waals surface area contributed by atoms with E-state index in [9.17, 15) is 9.59 Å². The Morgan fingerprint density at radius 1 is 1.21 bits per heavy atom. The van der Waals surface area contributed by atoms with Gasteiger partial charge in [-0.2, -0.15) is 0 Å². The molecule has 1 unspecified atom stereocenters. The number of hydrogen-bond acceptors (Lipinski definition) is 5. The van der Waals surface area contributed by atoms with Crippen molar-refractivity contribution >= 4 is 46.3 Å². The summed E-state index contributed by atoms with van der Waals surface area (Å²) in [5.74, 6) is -0.458. The predicted molar refractivity (Wildman–Crippen MR) is 115 cm³/mol. The second-order valence-electron chi connectivity index (χ2n) is 6.34. The van der Waals surface area contributed by atoms with Crippen LogP contribution in [0.5, 0.6) is 0 Å². The molecule has 0 aliphatic rings. The molecule has 0 aliphatic carbocycles. The number of aryl methyl sites for hydroxylation is 1. The first-order valence-electron chi connectivity index (χ1n) is 9.22. The number of halogens is 1. The number of nitrogens with one attached hydrogen (secondary N) is 1. The van der Waals surface area contributed by atoms with Gasteiger partial charge in [0.15, 0.2) is 5.16 Å². The Balaban J connectivity index is 1.72. The highest BCUT2D eigenvalue weighted by molar-refractivity contribution is 7.99. The molecule has 0 radical (unpaired) electrons. The molecule has 0 saturated heterocycles. The van der Waals surface area contributed by atoms with Crippen molar-refractivity contribution in [2.24, 2.45) is 0 Å². The van der Waals surface area contributed by atoms with E-state index >= 15 is 0 Å². The van der Waals surface area contributed by atoms with E-state index in [1.54, 1.807) is 18.2 Å². The Morgan fingerprint density at radius 3 is 2.66 bits per heavy atom. The first-order chi connectivity index (χ1) is 14.0. The minimum Gasteiger partial charge on any atom is -0.469 e. The number of esters is 1. The van der Waals surface area contributed by atoms with Gasteiger partial charge in [-0.05, 0) is 30.7 Å². The molecule has 6 nitrogen and oxygen atoms in total. The Morgan fingerprint density at radius 2 is 1.93 bits per heavy atom. The number of imidazole rings is 1. The van der Waals surface area contributed by atoms with Crippen LogP contribution in [0.15, 0.2) is 53.7 Å². The number of methoxy groups -OCH3 is 1. The largest absolute Gasteiger partial charge is 0.469 e. The number of rotatable bonds is 8. The molecular formula is C21H22ClN3O3S. The highest BCUT2D eigenvalue weighted by atomic mass is 35.5. The molecule has 3 rings (SSSR count). The normalized spacial score (nSPS) is 12.0. The van der Waals surface area contributed by atoms with Crippen molar-refractivity contribution in [3.05, 3.63) is 59.1 Å². The van der Waals surface area contributed by atoms with Crippen molar-refractivity contribution in [3.8, 4) is 0 Å². The van der Waals surface area contributed by atoms with Gasteiger partial charge in [0.05, 0.1) is 36.4 Å². The number of carbonyl (C=O) groups excluding carboxylic acids is 2. The fourth-order valence-corrected chi connectivity index (χ4v) is 4.24. The number of fused-ring (bicyclic) bond motifs is 1. The first-order valence-corrected chi connectivity index (χ1v) is 10.6. The maximum absolute atomic E-state index is 12.6. The van der Waals surface area contributed by atoms with Crippen LogP contribution in [-0.2, 0) is 20.9 Å². The monoisotopic (exact) mass is 431 g/mol. The minimum absolute atomic E-state index is 0.00408. The summed E-state index contributed by atoms with van der Waals surface area (Å²) in [5, 5.41) is 4.17. The summed E-state index contributed by atoms with van der Waals surface area (Å²) in [6.45, 7) is 2.80. The standard InChI is InChI=1S/C21H22ClN3O3S/c1-3-25-18-11-7-6-10-16(18)24-21(25)29-13-19(26)23-17(12-20(27)28-2)14-8-4-5-9-15(14)22/h4-11,17H,3,12-13H2,1-2H3,(H,23,26). The second-order valence-corrected chi connectivity index (χ2v) is 7.69. The summed E-state index contributed by atoms with van der Waals surface area (Å²) in [6.07, 6.45) is 0.00408. The van der Waals surface area contributed by atoms with Crippen molar-refractivity contribution in [2.75, 3.05) is 12.9 Å². The molecule has 0 bridgehead atoms. The van der Waals surface area contributed by atoms with Crippen LogP contribution in [0.25, 0.3) is 11.0 Å². The van der Waals surface area contributed by atoms with E-state index in [0.29, 0.717) is 10.6 Å². The second kappa shape index (κ2) is 9.80. The Labute approximate surface area is 178 Å². The smallest absolute Gasteiger partial charge is 0.307 e. The number of hydrogen-bond donors (Lipinski definition) is 1. The van der Waals surface area contributed by atoms with E-state index in [1.807, 2.05) is 37.3 Å². The molecule has 1 atom stereocenters. The van der Waals surface area contributed by atoms with Crippen LogP contribution in [0.2, 0.25) is 5.02 Å². The maximum atomic E-state index is 12.6. The van der Waals surface area contributed by atoms with Gasteiger partial charge in [0.25, 0.3) is 0 Å². The predicted octanol–water partition coefficient (Wildman–Crippen LogP) is 4.22. The Hall–Kier alpha value is -2.51. The van der Waals surface area contributed by atoms with E-state index in [0.717, 1.165) is 22.7 Å². The Bertz CT molecular complexity index is 1020. The van der Waals surface area contributed by atoms with Crippen LogP contribution in [0.1, 0.15) is 24.9 Å². The molecule has 2 aromatic carbocycles. The number of benzene rings is 2. The topological polar surface area (TPSA) is 73.2 Å². The van der Waals surface area contributed by atoms with Gasteiger partial charge in [0.2, 0.25) is 5.91 Å². The molecule has 1 N–H and O–H groups in total. The Kier molecular flexibility index (Phi) is 7.17. The number of ether oxygens (including phenoxy) is 1. The summed E-state index contributed by atoms with van der Waals surface area (Å²) >= 11 is 7.63. The lowest BCUT2D eigenvalue weighted by Gasteiger charge is -2.19. The molecule has 152 valence electrons. The number of aromatic nitrogens is 2. The molecule has 1 aromatic heterocycles. The van der Waals surface area contributed by atoms with Gasteiger partial charge in [0, 0.05) is 11.6 Å². The van der Waals surface area contributed by atoms with Gasteiger partial charge < -0.3 is 14.6 Å². The zero-order valence-electron chi connectivity index (χ0n) is 16.2. The number of thioether (sulfide) groups is 1. The van der Waals surface area contributed by atoms with E-state index in [1.165, 1.54) is 18.9 Å². The van der Waals surface area contributed by atoms with Crippen LogP contribution in [0.3, 0.4) is 0 Å². The van der Waals surface area contributed by atoms with Gasteiger partial charge in [-0.15, -0.1) is 0 Å². The number of para-hydroxylation sites is 2. The van der Waals surface area contributed by atoms with Crippen LogP contribution in [0.4, 0.5) is 0 Å². The van der Waals surface area contributed by atoms with Crippen LogP contribution < -0.4 is 5.32 Å². The molecule has 1 heterocycles. The number of amides is 1. The third kappa shape index (κ3) is 5.10. The van der Waals surface area contributed by atoms with Gasteiger partial charge in [-0.25, -0.2) is 4.98 Å². The lowest BCUT2D eigenvalue weighted by atomic mass is 10.0. The first kappa shape index (κ1) is 21.2. The third-order valence-electron chi connectivity index (χ3n) is 4.48. The highest BCUT2D eigenvalue weighted by Gasteiger charge is 2.21. The quantitative estimate of drug-likeness (QED) is 0.427. The van der Waals surface area contributed by atoms with E-state index in [2.05, 4.69) is 14.9 Å². The molecule has 29 heavy (non-hydrogen) atoms. The van der Waals surface area contributed by atoms with E-state index in [4.69, 9.17) is 16.3 Å². The molecule has 1 amide bonds. The molecule has 8 heteroatoms. The molecule has 0 spiro atoms. The van der Waals surface area contributed by atoms with Crippen LogP contribution >= 0.6 is 23.4 Å². The van der Waals surface area contributed by atoms with Gasteiger partial charge in [0.1, 0.15) is 0 Å². The molecule has 0 aliphatic heterocycles. The lowest BCUT2D eigenvalue weighted by Crippen LogP contribution is -2.32. The van der Waals surface area contributed by atoms with Crippen LogP contribution in [0, 0.1) is 0 Å². The van der Waals surface area contributed by atoms with E-state index < -0.39 is 12.0 Å². The lowest BCUT2D eigenvalue weighted by molar-refractivity contribution is -0.141. The highest BCUT2D eigenvalue weighted by Crippen LogP contribution is 2.27. The van der Waals surface area contributed by atoms with Gasteiger partial charge >= 0.3 is 5.97 Å². The molecule has 3 aromatic rings. The summed E-state index contributed by atoms with van der Waals surface area (Å²) in [4.78, 5) is 29.1. The fraction of sp³-hybridized carbons (Fsp3) is 0.286. The summed E-state index contributed by atoms with van der Waals surface area (Å²) in [5.41, 5.74) is 2.62. The van der Waals surface area contributed by atoms with Crippen molar-refractivity contribution in [2.45, 2.75) is 31.1 Å². The molecular weight excluding hydrogens is 410 g/mol. The summed E-state index contributed by atoms with van der Waals surface area (Å²) in [7, 11) is 1.32. The minimum atomic E-state index is -0.561. The van der Waals surface area contributed by atoms with Crippen molar-refractivity contribution in [1.82, 2.24) is 14.9 Å². The summed E-state index contributed by atoms with van der Waals surface area (Å²) in [6, 6.07) is 14.5. The molecule has 0 fully saturated rings. The van der Waals surface area contributed by atoms with Crippen molar-refractivity contribution < 1.29 is 14.3 Å². The third-order valence-corrected chi connectivity index (χ3v) is 5.80. The van der Waals surface area contributed by atoms with Gasteiger partial charge in [-0.1, -0.05) is 53.7 Å². The van der Waals surface area contributed by atoms with Crippen molar-refractivity contribution in [1.29, 1.82) is 0 Å². The fourth-order valence-electron chi connectivity index (χ4n) is 3.08. The van der Waals surface area contributed by atoms with Crippen LogP contribution in [-0.4, -0.2) is 34.3 Å². The zero-order chi connectivity index (χ0) is 20.8. The average Bonchev–Trinajstić information content (AvgIpc) is 3.09. The number of carbonyl (C=O) groups is 2. The maximum Gasteiger partial charge on any atom is 0.307 e. The summed E-state index contributed by atoms with van der Waals surface area (Å²) < 4.78 is 6.84. The molecule has 0 saturated carbocycles.